The minimum atomic E-state index is -1.18. The van der Waals surface area contributed by atoms with E-state index in [9.17, 15) is 9.90 Å². The molecule has 1 aromatic rings. The van der Waals surface area contributed by atoms with Crippen molar-refractivity contribution in [3.8, 4) is 0 Å². The monoisotopic (exact) mass is 249 g/mol. The molecule has 1 heterocycles. The van der Waals surface area contributed by atoms with Crippen molar-refractivity contribution < 1.29 is 9.90 Å². The number of carbonyl (C=O) groups is 1. The van der Waals surface area contributed by atoms with Gasteiger partial charge in [-0.25, -0.2) is 0 Å². The molecule has 0 radical (unpaired) electrons. The molecule has 0 saturated carbocycles. The first-order valence-electron chi connectivity index (χ1n) is 3.25. The summed E-state index contributed by atoms with van der Waals surface area (Å²) in [4.78, 5) is 12.2. The first-order valence-corrected chi connectivity index (χ1v) is 4.86. The van der Waals surface area contributed by atoms with E-state index >= 15 is 0 Å². The molecule has 1 amide bonds. The molecule has 0 aliphatic carbocycles. The summed E-state index contributed by atoms with van der Waals surface area (Å²) >= 11 is 4.63. The fourth-order valence-electron chi connectivity index (χ4n) is 0.756. The van der Waals surface area contributed by atoms with Crippen molar-refractivity contribution in [1.29, 1.82) is 0 Å². The van der Waals surface area contributed by atoms with Gasteiger partial charge in [0.05, 0.1) is 0 Å². The van der Waals surface area contributed by atoms with Crippen LogP contribution in [0.25, 0.3) is 0 Å². The maximum Gasteiger partial charge on any atom is 0.251 e. The molecule has 0 spiro atoms. The third-order valence-corrected chi connectivity index (χ3v) is 3.60. The van der Waals surface area contributed by atoms with Crippen LogP contribution in [0, 0.1) is 6.92 Å². The van der Waals surface area contributed by atoms with Crippen LogP contribution in [-0.2, 0) is 4.79 Å². The van der Waals surface area contributed by atoms with E-state index in [1.54, 1.807) is 6.07 Å². The Kier molecular flexibility index (Phi) is 2.87. The zero-order valence-corrected chi connectivity index (χ0v) is 8.78. The number of aliphatic hydroxyl groups excluding tert-OH is 1. The fraction of sp³-hybridized carbons (Fsp3) is 0.286. The molecule has 0 fully saturated rings. The quantitative estimate of drug-likeness (QED) is 0.831. The van der Waals surface area contributed by atoms with Crippen LogP contribution in [0.3, 0.4) is 0 Å². The summed E-state index contributed by atoms with van der Waals surface area (Å²) in [7, 11) is 0. The Morgan fingerprint density at radius 2 is 2.42 bits per heavy atom. The van der Waals surface area contributed by atoms with Crippen LogP contribution >= 0.6 is 27.3 Å². The maximum absolute atomic E-state index is 10.6. The third-order valence-electron chi connectivity index (χ3n) is 1.42. The van der Waals surface area contributed by atoms with E-state index in [0.717, 1.165) is 9.35 Å². The fourth-order valence-corrected chi connectivity index (χ4v) is 2.31. The summed E-state index contributed by atoms with van der Waals surface area (Å²) in [5, 5.41) is 9.25. The third kappa shape index (κ3) is 1.85. The highest BCUT2D eigenvalue weighted by Gasteiger charge is 2.16. The van der Waals surface area contributed by atoms with E-state index in [4.69, 9.17) is 5.73 Å². The summed E-state index contributed by atoms with van der Waals surface area (Å²) in [5.41, 5.74) is 4.93. The van der Waals surface area contributed by atoms with Crippen LogP contribution in [0.1, 0.15) is 15.9 Å². The van der Waals surface area contributed by atoms with Crippen LogP contribution in [0.15, 0.2) is 10.5 Å². The van der Waals surface area contributed by atoms with E-state index in [1.807, 2.05) is 6.92 Å². The highest BCUT2D eigenvalue weighted by atomic mass is 79.9. The molecule has 12 heavy (non-hydrogen) atoms. The van der Waals surface area contributed by atoms with Gasteiger partial charge in [0.1, 0.15) is 0 Å². The molecule has 3 nitrogen and oxygen atoms in total. The van der Waals surface area contributed by atoms with Crippen molar-refractivity contribution in [2.24, 2.45) is 5.73 Å². The van der Waals surface area contributed by atoms with Crippen LogP contribution < -0.4 is 5.73 Å². The minimum absolute atomic E-state index is 0.576. The Balaban J connectivity index is 2.96. The number of nitrogens with two attached hydrogens (primary N) is 1. The molecule has 1 unspecified atom stereocenters. The second-order valence-electron chi connectivity index (χ2n) is 2.36. The van der Waals surface area contributed by atoms with Crippen molar-refractivity contribution in [3.63, 3.8) is 0 Å². The van der Waals surface area contributed by atoms with Crippen molar-refractivity contribution in [3.05, 3.63) is 20.3 Å². The van der Waals surface area contributed by atoms with Crippen molar-refractivity contribution in [1.82, 2.24) is 0 Å². The highest BCUT2D eigenvalue weighted by Crippen LogP contribution is 2.30. The van der Waals surface area contributed by atoms with Gasteiger partial charge in [-0.3, -0.25) is 4.79 Å². The number of hydrogen-bond donors (Lipinski definition) is 2. The van der Waals surface area contributed by atoms with Crippen molar-refractivity contribution in [2.45, 2.75) is 13.0 Å². The first kappa shape index (κ1) is 9.70. The highest BCUT2D eigenvalue weighted by molar-refractivity contribution is 9.10. The number of rotatable bonds is 2. The zero-order chi connectivity index (χ0) is 9.30. The molecule has 1 atom stereocenters. The zero-order valence-electron chi connectivity index (χ0n) is 6.37. The van der Waals surface area contributed by atoms with Gasteiger partial charge in [0.15, 0.2) is 6.10 Å². The van der Waals surface area contributed by atoms with Gasteiger partial charge in [-0.15, -0.1) is 11.3 Å². The van der Waals surface area contributed by atoms with Gasteiger partial charge in [0, 0.05) is 14.2 Å². The summed E-state index contributed by atoms with van der Waals surface area (Å²) in [6.45, 7) is 1.89. The summed E-state index contributed by atoms with van der Waals surface area (Å²) in [5.74, 6) is -0.719. The second kappa shape index (κ2) is 3.55. The lowest BCUT2D eigenvalue weighted by Gasteiger charge is -2.00. The smallest absolute Gasteiger partial charge is 0.251 e. The molecule has 3 N–H and O–H groups in total. The Bertz CT molecular complexity index is 291. The largest absolute Gasteiger partial charge is 0.378 e. The minimum Gasteiger partial charge on any atom is -0.378 e. The Morgan fingerprint density at radius 3 is 2.75 bits per heavy atom. The molecular formula is C7H8BrNO2S. The molecule has 1 aromatic heterocycles. The molecule has 1 rings (SSSR count). The average molecular weight is 250 g/mol. The van der Waals surface area contributed by atoms with Gasteiger partial charge in [-0.05, 0) is 28.9 Å². The van der Waals surface area contributed by atoms with Gasteiger partial charge in [-0.2, -0.15) is 0 Å². The number of primary amides is 1. The molecule has 0 aliphatic heterocycles. The number of aryl methyl sites for hydroxylation is 1. The molecule has 0 saturated heterocycles. The molecular weight excluding hydrogens is 242 g/mol. The van der Waals surface area contributed by atoms with Crippen molar-refractivity contribution >= 4 is 33.2 Å². The maximum atomic E-state index is 10.6. The summed E-state index contributed by atoms with van der Waals surface area (Å²) in [6, 6.07) is 1.70. The normalized spacial score (nSPS) is 12.9. The van der Waals surface area contributed by atoms with Crippen LogP contribution in [0.2, 0.25) is 0 Å². The second-order valence-corrected chi connectivity index (χ2v) is 4.50. The lowest BCUT2D eigenvalue weighted by molar-refractivity contribution is -0.126. The van der Waals surface area contributed by atoms with Gasteiger partial charge in [0.25, 0.3) is 5.91 Å². The van der Waals surface area contributed by atoms with Crippen LogP contribution in [0.4, 0.5) is 0 Å². The van der Waals surface area contributed by atoms with Crippen LogP contribution in [-0.4, -0.2) is 11.0 Å². The lowest BCUT2D eigenvalue weighted by atomic mass is 10.3. The standard InChI is InChI=1S/C7H8BrNO2S/c1-3-4(8)2-5(12-3)6(10)7(9)11/h2,6,10H,1H3,(H2,9,11). The van der Waals surface area contributed by atoms with Crippen molar-refractivity contribution in [2.75, 3.05) is 0 Å². The average Bonchev–Trinajstić information content (AvgIpc) is 2.30. The molecule has 5 heteroatoms. The number of hydrogen-bond acceptors (Lipinski definition) is 3. The van der Waals surface area contributed by atoms with Crippen LogP contribution in [0.5, 0.6) is 0 Å². The molecule has 66 valence electrons. The van der Waals surface area contributed by atoms with Gasteiger partial charge in [-0.1, -0.05) is 0 Å². The molecule has 0 bridgehead atoms. The van der Waals surface area contributed by atoms with E-state index < -0.39 is 12.0 Å². The first-order chi connectivity index (χ1) is 5.52. The summed E-state index contributed by atoms with van der Waals surface area (Å²) in [6.07, 6.45) is -1.18. The Morgan fingerprint density at radius 1 is 1.83 bits per heavy atom. The predicted molar refractivity (Wildman–Crippen MR) is 50.9 cm³/mol. The van der Waals surface area contributed by atoms with Gasteiger partial charge < -0.3 is 10.8 Å². The lowest BCUT2D eigenvalue weighted by Crippen LogP contribution is -2.19. The SMILES string of the molecule is Cc1sc(C(O)C(N)=O)cc1Br. The Hall–Kier alpha value is -0.390. The summed E-state index contributed by atoms with van der Waals surface area (Å²) < 4.78 is 0.891. The number of thiophene rings is 1. The number of amides is 1. The van der Waals surface area contributed by atoms with E-state index in [-0.39, 0.29) is 0 Å². The number of carbonyl (C=O) groups excluding carboxylic acids is 1. The molecule has 0 aromatic carbocycles. The topological polar surface area (TPSA) is 63.3 Å². The van der Waals surface area contributed by atoms with E-state index in [1.165, 1.54) is 11.3 Å². The van der Waals surface area contributed by atoms with Gasteiger partial charge >= 0.3 is 0 Å². The molecule has 0 aliphatic rings. The number of aliphatic hydroxyl groups is 1. The van der Waals surface area contributed by atoms with Gasteiger partial charge in [0.2, 0.25) is 0 Å². The Labute approximate surface area is 82.3 Å². The van der Waals surface area contributed by atoms with E-state index in [0.29, 0.717) is 4.88 Å². The van der Waals surface area contributed by atoms with E-state index in [2.05, 4.69) is 15.9 Å². The predicted octanol–water partition coefficient (Wildman–Crippen LogP) is 1.34. The number of halogens is 1.